The largest absolute Gasteiger partial charge is 0.384 e. The third-order valence-electron chi connectivity index (χ3n) is 2.56. The van der Waals surface area contributed by atoms with Crippen LogP contribution in [-0.2, 0) is 19.4 Å². The van der Waals surface area contributed by atoms with Crippen molar-refractivity contribution in [1.29, 1.82) is 0 Å². The van der Waals surface area contributed by atoms with Gasteiger partial charge in [-0.2, -0.15) is 0 Å². The lowest BCUT2D eigenvalue weighted by Crippen LogP contribution is -2.05. The molecule has 0 atom stereocenters. The average Bonchev–Trinajstić information content (AvgIpc) is 2.54. The standard InChI is InChI=1S/C12H21N3/c1-4-7-8-10-12(13)15(9-5-2)11(6-3)14-10/h5H,2,4,6-9,13H2,1,3H3. The number of unbranched alkanes of at least 4 members (excludes halogenated alkanes) is 1. The van der Waals surface area contributed by atoms with Crippen molar-refractivity contribution in [3.63, 3.8) is 0 Å². The molecule has 15 heavy (non-hydrogen) atoms. The van der Waals surface area contributed by atoms with E-state index in [0.29, 0.717) is 0 Å². The monoisotopic (exact) mass is 207 g/mol. The van der Waals surface area contributed by atoms with E-state index >= 15 is 0 Å². The molecule has 0 aliphatic heterocycles. The summed E-state index contributed by atoms with van der Waals surface area (Å²) in [5, 5.41) is 0. The van der Waals surface area contributed by atoms with Gasteiger partial charge in [0.25, 0.3) is 0 Å². The van der Waals surface area contributed by atoms with Gasteiger partial charge in [-0.1, -0.05) is 26.3 Å². The number of anilines is 1. The topological polar surface area (TPSA) is 43.8 Å². The number of aromatic nitrogens is 2. The van der Waals surface area contributed by atoms with Crippen LogP contribution in [0.2, 0.25) is 0 Å². The molecule has 0 bridgehead atoms. The van der Waals surface area contributed by atoms with Gasteiger partial charge in [-0.3, -0.25) is 0 Å². The summed E-state index contributed by atoms with van der Waals surface area (Å²) in [5.41, 5.74) is 7.11. The summed E-state index contributed by atoms with van der Waals surface area (Å²) in [6.45, 7) is 8.78. The van der Waals surface area contributed by atoms with E-state index < -0.39 is 0 Å². The minimum Gasteiger partial charge on any atom is -0.384 e. The Morgan fingerprint density at radius 3 is 2.73 bits per heavy atom. The van der Waals surface area contributed by atoms with E-state index in [1.165, 1.54) is 6.42 Å². The van der Waals surface area contributed by atoms with E-state index in [1.54, 1.807) is 0 Å². The summed E-state index contributed by atoms with van der Waals surface area (Å²) >= 11 is 0. The molecule has 84 valence electrons. The van der Waals surface area contributed by atoms with Gasteiger partial charge in [0.2, 0.25) is 0 Å². The zero-order valence-electron chi connectivity index (χ0n) is 9.79. The van der Waals surface area contributed by atoms with Crippen LogP contribution in [0.4, 0.5) is 5.82 Å². The lowest BCUT2D eigenvalue weighted by Gasteiger charge is -2.04. The normalized spacial score (nSPS) is 10.5. The summed E-state index contributed by atoms with van der Waals surface area (Å²) in [6, 6.07) is 0. The first-order valence-electron chi connectivity index (χ1n) is 5.69. The van der Waals surface area contributed by atoms with Gasteiger partial charge in [0.15, 0.2) is 0 Å². The summed E-state index contributed by atoms with van der Waals surface area (Å²) in [4.78, 5) is 4.57. The first kappa shape index (κ1) is 11.8. The van der Waals surface area contributed by atoms with Crippen LogP contribution in [-0.4, -0.2) is 9.55 Å². The summed E-state index contributed by atoms with van der Waals surface area (Å²) in [6.07, 6.45) is 6.10. The lowest BCUT2D eigenvalue weighted by molar-refractivity contribution is 0.756. The molecule has 0 amide bonds. The van der Waals surface area contributed by atoms with Crippen molar-refractivity contribution in [2.75, 3.05) is 5.73 Å². The number of hydrogen-bond donors (Lipinski definition) is 1. The molecule has 0 fully saturated rings. The number of hydrogen-bond acceptors (Lipinski definition) is 2. The molecule has 0 saturated carbocycles. The maximum absolute atomic E-state index is 6.06. The SMILES string of the molecule is C=CCn1c(CC)nc(CCCC)c1N. The molecule has 2 N–H and O–H groups in total. The smallest absolute Gasteiger partial charge is 0.127 e. The quantitative estimate of drug-likeness (QED) is 0.728. The maximum Gasteiger partial charge on any atom is 0.127 e. The molecule has 1 heterocycles. The molecule has 0 aliphatic carbocycles. The van der Waals surface area contributed by atoms with E-state index in [1.807, 2.05) is 6.08 Å². The van der Waals surface area contributed by atoms with Crippen molar-refractivity contribution in [2.45, 2.75) is 46.1 Å². The Hall–Kier alpha value is -1.25. The van der Waals surface area contributed by atoms with Crippen molar-refractivity contribution in [3.05, 3.63) is 24.2 Å². The second-order valence-corrected chi connectivity index (χ2v) is 3.72. The Labute approximate surface area is 92.0 Å². The Morgan fingerprint density at radius 2 is 2.20 bits per heavy atom. The predicted molar refractivity (Wildman–Crippen MR) is 64.8 cm³/mol. The maximum atomic E-state index is 6.06. The number of allylic oxidation sites excluding steroid dienone is 1. The van der Waals surface area contributed by atoms with Crippen LogP contribution >= 0.6 is 0 Å². The van der Waals surface area contributed by atoms with Crippen LogP contribution in [0.25, 0.3) is 0 Å². The number of nitrogen functional groups attached to an aromatic ring is 1. The van der Waals surface area contributed by atoms with Crippen molar-refractivity contribution in [2.24, 2.45) is 0 Å². The Kier molecular flexibility index (Phi) is 4.40. The first-order chi connectivity index (χ1) is 7.24. The number of rotatable bonds is 6. The first-order valence-corrected chi connectivity index (χ1v) is 5.69. The zero-order valence-corrected chi connectivity index (χ0v) is 9.79. The molecular formula is C12H21N3. The van der Waals surface area contributed by atoms with Gasteiger partial charge in [-0.25, -0.2) is 4.98 Å². The minimum absolute atomic E-state index is 0.758. The van der Waals surface area contributed by atoms with Crippen LogP contribution in [0, 0.1) is 0 Å². The van der Waals surface area contributed by atoms with Crippen molar-refractivity contribution in [1.82, 2.24) is 9.55 Å². The van der Waals surface area contributed by atoms with Crippen LogP contribution in [0.1, 0.15) is 38.2 Å². The molecule has 3 nitrogen and oxygen atoms in total. The molecular weight excluding hydrogens is 186 g/mol. The van der Waals surface area contributed by atoms with Gasteiger partial charge < -0.3 is 10.3 Å². The summed E-state index contributed by atoms with van der Waals surface area (Å²) in [7, 11) is 0. The number of aryl methyl sites for hydroxylation is 2. The van der Waals surface area contributed by atoms with Gasteiger partial charge in [-0.15, -0.1) is 6.58 Å². The summed E-state index contributed by atoms with van der Waals surface area (Å²) in [5.74, 6) is 1.89. The van der Waals surface area contributed by atoms with Gasteiger partial charge >= 0.3 is 0 Å². The highest BCUT2D eigenvalue weighted by Gasteiger charge is 2.11. The molecule has 1 aromatic heterocycles. The van der Waals surface area contributed by atoms with Crippen molar-refractivity contribution in [3.8, 4) is 0 Å². The second kappa shape index (κ2) is 5.59. The molecule has 0 aromatic carbocycles. The van der Waals surface area contributed by atoms with Gasteiger partial charge in [-0.05, 0) is 12.8 Å². The molecule has 0 spiro atoms. The van der Waals surface area contributed by atoms with Gasteiger partial charge in [0.1, 0.15) is 11.6 Å². The molecule has 1 rings (SSSR count). The fourth-order valence-corrected chi connectivity index (χ4v) is 1.70. The molecule has 0 saturated heterocycles. The third-order valence-corrected chi connectivity index (χ3v) is 2.56. The van der Waals surface area contributed by atoms with Gasteiger partial charge in [0, 0.05) is 13.0 Å². The zero-order chi connectivity index (χ0) is 11.3. The highest BCUT2D eigenvalue weighted by Crippen LogP contribution is 2.17. The minimum atomic E-state index is 0.758. The highest BCUT2D eigenvalue weighted by atomic mass is 15.1. The van der Waals surface area contributed by atoms with E-state index in [2.05, 4.69) is 30.0 Å². The van der Waals surface area contributed by atoms with Gasteiger partial charge in [0.05, 0.1) is 5.69 Å². The number of nitrogens with two attached hydrogens (primary N) is 1. The van der Waals surface area contributed by atoms with Crippen LogP contribution < -0.4 is 5.73 Å². The molecule has 0 aliphatic rings. The van der Waals surface area contributed by atoms with Crippen LogP contribution in [0.3, 0.4) is 0 Å². The fourth-order valence-electron chi connectivity index (χ4n) is 1.70. The second-order valence-electron chi connectivity index (χ2n) is 3.72. The van der Waals surface area contributed by atoms with E-state index in [0.717, 1.165) is 43.1 Å². The van der Waals surface area contributed by atoms with Crippen LogP contribution in [0.15, 0.2) is 12.7 Å². The summed E-state index contributed by atoms with van der Waals surface area (Å²) < 4.78 is 2.05. The molecule has 0 radical (unpaired) electrons. The van der Waals surface area contributed by atoms with Crippen molar-refractivity contribution < 1.29 is 0 Å². The van der Waals surface area contributed by atoms with E-state index in [-0.39, 0.29) is 0 Å². The molecule has 3 heteroatoms. The highest BCUT2D eigenvalue weighted by molar-refractivity contribution is 5.38. The Bertz CT molecular complexity index is 326. The Morgan fingerprint density at radius 1 is 1.47 bits per heavy atom. The van der Waals surface area contributed by atoms with E-state index in [4.69, 9.17) is 5.73 Å². The molecule has 1 aromatic rings. The molecule has 0 unspecified atom stereocenters. The fraction of sp³-hybridized carbons (Fsp3) is 0.583. The average molecular weight is 207 g/mol. The number of nitrogens with zero attached hydrogens (tertiary/aromatic N) is 2. The van der Waals surface area contributed by atoms with E-state index in [9.17, 15) is 0 Å². The van der Waals surface area contributed by atoms with Crippen molar-refractivity contribution >= 4 is 5.82 Å². The predicted octanol–water partition coefficient (Wildman–Crippen LogP) is 2.56. The third kappa shape index (κ3) is 2.61. The lowest BCUT2D eigenvalue weighted by atomic mass is 10.2. The van der Waals surface area contributed by atoms with Crippen LogP contribution in [0.5, 0.6) is 0 Å². The number of imidazole rings is 1. The Balaban J connectivity index is 2.93.